The summed E-state index contributed by atoms with van der Waals surface area (Å²) in [7, 11) is 0. The zero-order valence-corrected chi connectivity index (χ0v) is 19.2. The first-order valence-corrected chi connectivity index (χ1v) is 11.3. The zero-order chi connectivity index (χ0) is 24.6. The summed E-state index contributed by atoms with van der Waals surface area (Å²) in [6, 6.07) is 7.05. The highest BCUT2D eigenvalue weighted by molar-refractivity contribution is 5.40. The van der Waals surface area contributed by atoms with Gasteiger partial charge in [0.15, 0.2) is 0 Å². The summed E-state index contributed by atoms with van der Waals surface area (Å²) in [6.45, 7) is 6.16. The van der Waals surface area contributed by atoms with Gasteiger partial charge in [0.2, 0.25) is 5.95 Å². The first kappa shape index (κ1) is 25.5. The fourth-order valence-electron chi connectivity index (χ4n) is 4.53. The summed E-state index contributed by atoms with van der Waals surface area (Å²) >= 11 is 0. The van der Waals surface area contributed by atoms with E-state index in [2.05, 4.69) is 22.1 Å². The van der Waals surface area contributed by atoms with Crippen LogP contribution in [0.3, 0.4) is 0 Å². The molecule has 3 heterocycles. The second-order valence-corrected chi connectivity index (χ2v) is 8.82. The molecular formula is C24H31FN4O5. The molecule has 2 fully saturated rings. The predicted octanol–water partition coefficient (Wildman–Crippen LogP) is 2.82. The van der Waals surface area contributed by atoms with Crippen LogP contribution >= 0.6 is 0 Å². The van der Waals surface area contributed by atoms with E-state index >= 15 is 0 Å². The molecule has 184 valence electrons. The number of anilines is 1. The van der Waals surface area contributed by atoms with E-state index in [0.717, 1.165) is 60.4 Å². The van der Waals surface area contributed by atoms with Gasteiger partial charge >= 0.3 is 0 Å². The molecule has 0 amide bonds. The highest BCUT2D eigenvalue weighted by Crippen LogP contribution is 2.40. The van der Waals surface area contributed by atoms with Crippen molar-refractivity contribution < 1.29 is 28.9 Å². The van der Waals surface area contributed by atoms with Crippen LogP contribution in [0.5, 0.6) is 0 Å². The summed E-state index contributed by atoms with van der Waals surface area (Å²) in [6.07, 6.45) is 3.59. The van der Waals surface area contributed by atoms with Crippen molar-refractivity contribution in [1.82, 2.24) is 14.9 Å². The van der Waals surface area contributed by atoms with Gasteiger partial charge in [-0.25, -0.2) is 14.4 Å². The lowest BCUT2D eigenvalue weighted by Crippen LogP contribution is -2.41. The summed E-state index contributed by atoms with van der Waals surface area (Å²) < 4.78 is 20.1. The maximum Gasteiger partial charge on any atom is 0.290 e. The quantitative estimate of drug-likeness (QED) is 0.561. The number of carboxylic acid groups (broad SMARTS) is 2. The molecule has 1 saturated heterocycles. The lowest BCUT2D eigenvalue weighted by atomic mass is 9.80. The van der Waals surface area contributed by atoms with Gasteiger partial charge in [-0.15, -0.1) is 0 Å². The van der Waals surface area contributed by atoms with E-state index in [1.807, 2.05) is 12.1 Å². The molecule has 1 aliphatic carbocycles. The number of nitrogens with zero attached hydrogens (tertiary/aromatic N) is 3. The molecule has 0 bridgehead atoms. The van der Waals surface area contributed by atoms with Gasteiger partial charge in [0.05, 0.1) is 24.3 Å². The number of rotatable bonds is 5. The lowest BCUT2D eigenvalue weighted by Gasteiger charge is -2.35. The third-order valence-corrected chi connectivity index (χ3v) is 6.37. The Balaban J connectivity index is 0.000000492. The van der Waals surface area contributed by atoms with E-state index in [1.54, 1.807) is 6.07 Å². The monoisotopic (exact) mass is 474 g/mol. The SMILES string of the molecule is Cc1nc(NCC2CC2)nc2c1COCC21CCN(Cc2ccccc2F)C1.O=CO.O=CO. The molecule has 1 aromatic carbocycles. The molecule has 9 nitrogen and oxygen atoms in total. The molecule has 1 atom stereocenters. The molecule has 0 radical (unpaired) electrons. The Morgan fingerprint density at radius 1 is 1.24 bits per heavy atom. The summed E-state index contributed by atoms with van der Waals surface area (Å²) in [4.78, 5) is 28.7. The molecule has 3 N–H and O–H groups in total. The molecule has 1 aromatic heterocycles. The second-order valence-electron chi connectivity index (χ2n) is 8.82. The van der Waals surface area contributed by atoms with Gasteiger partial charge in [0, 0.05) is 36.5 Å². The zero-order valence-electron chi connectivity index (χ0n) is 19.2. The number of halogens is 1. The van der Waals surface area contributed by atoms with Gasteiger partial charge in [0.1, 0.15) is 5.82 Å². The van der Waals surface area contributed by atoms with Gasteiger partial charge < -0.3 is 20.3 Å². The molecule has 5 rings (SSSR count). The van der Waals surface area contributed by atoms with Crippen molar-refractivity contribution in [2.75, 3.05) is 31.6 Å². The van der Waals surface area contributed by atoms with Gasteiger partial charge in [-0.05, 0) is 44.7 Å². The third-order valence-electron chi connectivity index (χ3n) is 6.37. The summed E-state index contributed by atoms with van der Waals surface area (Å²) in [5.74, 6) is 1.39. The Morgan fingerprint density at radius 2 is 1.94 bits per heavy atom. The van der Waals surface area contributed by atoms with Crippen LogP contribution in [0.2, 0.25) is 0 Å². The van der Waals surface area contributed by atoms with Crippen LogP contribution in [-0.4, -0.2) is 64.3 Å². The minimum Gasteiger partial charge on any atom is -0.483 e. The van der Waals surface area contributed by atoms with Gasteiger partial charge in [-0.1, -0.05) is 18.2 Å². The van der Waals surface area contributed by atoms with E-state index in [-0.39, 0.29) is 24.2 Å². The van der Waals surface area contributed by atoms with E-state index in [9.17, 15) is 4.39 Å². The van der Waals surface area contributed by atoms with Crippen molar-refractivity contribution in [1.29, 1.82) is 0 Å². The number of nitrogens with one attached hydrogen (secondary N) is 1. The van der Waals surface area contributed by atoms with Crippen LogP contribution in [0, 0.1) is 18.7 Å². The normalized spacial score (nSPS) is 20.9. The number of aryl methyl sites for hydroxylation is 1. The summed E-state index contributed by atoms with van der Waals surface area (Å²) in [5, 5.41) is 17.2. The fourth-order valence-corrected chi connectivity index (χ4v) is 4.53. The number of benzene rings is 1. The largest absolute Gasteiger partial charge is 0.483 e. The number of likely N-dealkylation sites (tertiary alicyclic amines) is 1. The number of carbonyl (C=O) groups is 2. The van der Waals surface area contributed by atoms with Crippen molar-refractivity contribution >= 4 is 18.9 Å². The molecule has 1 spiro atoms. The Hall–Kier alpha value is -3.11. The number of hydrogen-bond donors (Lipinski definition) is 3. The minimum atomic E-state index is -0.250. The van der Waals surface area contributed by atoms with Crippen molar-refractivity contribution in [3.05, 3.63) is 52.6 Å². The van der Waals surface area contributed by atoms with Crippen molar-refractivity contribution in [2.45, 2.75) is 44.8 Å². The van der Waals surface area contributed by atoms with E-state index in [4.69, 9.17) is 29.5 Å². The van der Waals surface area contributed by atoms with Crippen LogP contribution < -0.4 is 5.32 Å². The number of hydrogen-bond acceptors (Lipinski definition) is 7. The molecule has 1 unspecified atom stereocenters. The topological polar surface area (TPSA) is 125 Å². The number of ether oxygens (including phenoxy) is 1. The van der Waals surface area contributed by atoms with Crippen molar-refractivity contribution in [3.8, 4) is 0 Å². The van der Waals surface area contributed by atoms with Crippen LogP contribution in [0.15, 0.2) is 24.3 Å². The lowest BCUT2D eigenvalue weighted by molar-refractivity contribution is -0.123. The van der Waals surface area contributed by atoms with E-state index in [0.29, 0.717) is 19.8 Å². The predicted molar refractivity (Wildman–Crippen MR) is 123 cm³/mol. The van der Waals surface area contributed by atoms with Gasteiger partial charge in [-0.2, -0.15) is 0 Å². The molecular weight excluding hydrogens is 443 g/mol. The van der Waals surface area contributed by atoms with Crippen LogP contribution in [-0.2, 0) is 32.9 Å². The third kappa shape index (κ3) is 6.27. The molecule has 34 heavy (non-hydrogen) atoms. The molecule has 10 heteroatoms. The highest BCUT2D eigenvalue weighted by Gasteiger charge is 2.45. The van der Waals surface area contributed by atoms with Crippen LogP contribution in [0.4, 0.5) is 10.3 Å². The molecule has 2 aromatic rings. The molecule has 3 aliphatic rings. The maximum atomic E-state index is 14.1. The van der Waals surface area contributed by atoms with Crippen LogP contribution in [0.25, 0.3) is 0 Å². The molecule has 2 aliphatic heterocycles. The standard InChI is InChI=1S/C22H27FN4O.2CH2O2/c1-15-18-12-28-14-22(20(18)26-21(25-15)24-10-16-6-7-16)8-9-27(13-22)11-17-4-2-3-5-19(17)23;2*2-1-3/h2-5,16H,6-14H2,1H3,(H,24,25,26);2*1H,(H,2,3). The molecule has 1 saturated carbocycles. The fraction of sp³-hybridized carbons (Fsp3) is 0.500. The Morgan fingerprint density at radius 3 is 2.62 bits per heavy atom. The Labute approximate surface area is 198 Å². The Bertz CT molecular complexity index is 982. The smallest absolute Gasteiger partial charge is 0.290 e. The highest BCUT2D eigenvalue weighted by atomic mass is 19.1. The average molecular weight is 475 g/mol. The van der Waals surface area contributed by atoms with Gasteiger partial charge in [-0.3, -0.25) is 14.5 Å². The number of aromatic nitrogens is 2. The second kappa shape index (κ2) is 11.8. The van der Waals surface area contributed by atoms with E-state index < -0.39 is 0 Å². The van der Waals surface area contributed by atoms with Crippen molar-refractivity contribution in [2.24, 2.45) is 5.92 Å². The first-order chi connectivity index (χ1) is 16.5. The van der Waals surface area contributed by atoms with Gasteiger partial charge in [0.25, 0.3) is 12.9 Å². The Kier molecular flexibility index (Phi) is 8.89. The summed E-state index contributed by atoms with van der Waals surface area (Å²) in [5.41, 5.74) is 3.91. The van der Waals surface area contributed by atoms with E-state index in [1.165, 1.54) is 18.9 Å². The van der Waals surface area contributed by atoms with Crippen molar-refractivity contribution in [3.63, 3.8) is 0 Å². The maximum absolute atomic E-state index is 14.1. The minimum absolute atomic E-state index is 0.122. The first-order valence-electron chi connectivity index (χ1n) is 11.3. The van der Waals surface area contributed by atoms with Crippen LogP contribution in [0.1, 0.15) is 41.8 Å². The average Bonchev–Trinajstić information content (AvgIpc) is 3.56. The number of fused-ring (bicyclic) bond motifs is 2.